The van der Waals surface area contributed by atoms with Crippen molar-refractivity contribution in [2.45, 2.75) is 43.7 Å². The highest BCUT2D eigenvalue weighted by Crippen LogP contribution is 2.23. The lowest BCUT2D eigenvalue weighted by Crippen LogP contribution is -2.47. The molecule has 0 aliphatic carbocycles. The molecule has 0 aromatic heterocycles. The van der Waals surface area contributed by atoms with Gasteiger partial charge in [-0.1, -0.05) is 24.3 Å². The van der Waals surface area contributed by atoms with E-state index < -0.39 is 16.1 Å². The standard InChI is InChI=1S/C21H25N3O4S/c1-15(2)22-20(25)19-12-7-13-24(19)21(26)16-8-6-9-17(14-16)23-29(27,28)18-10-4-3-5-11-18/h3-6,8-11,14-15,19,23H,7,12-13H2,1-2H3,(H,22,25). The number of benzene rings is 2. The number of hydrogen-bond acceptors (Lipinski definition) is 4. The molecule has 1 aliphatic rings. The molecule has 8 heteroatoms. The molecule has 2 amide bonds. The van der Waals surface area contributed by atoms with Crippen LogP contribution in [0.2, 0.25) is 0 Å². The number of carbonyl (C=O) groups is 2. The van der Waals surface area contributed by atoms with Crippen molar-refractivity contribution >= 4 is 27.5 Å². The number of anilines is 1. The summed E-state index contributed by atoms with van der Waals surface area (Å²) in [6, 6.07) is 13.8. The van der Waals surface area contributed by atoms with Crippen molar-refractivity contribution in [1.82, 2.24) is 10.2 Å². The average Bonchev–Trinajstić information content (AvgIpc) is 3.17. The second-order valence-corrected chi connectivity index (χ2v) is 9.00. The van der Waals surface area contributed by atoms with E-state index in [0.29, 0.717) is 24.2 Å². The molecule has 0 radical (unpaired) electrons. The average molecular weight is 416 g/mol. The second kappa shape index (κ2) is 8.65. The maximum Gasteiger partial charge on any atom is 0.261 e. The lowest BCUT2D eigenvalue weighted by atomic mass is 10.1. The molecule has 2 N–H and O–H groups in total. The molecule has 2 aromatic rings. The van der Waals surface area contributed by atoms with Crippen LogP contribution in [0.5, 0.6) is 0 Å². The zero-order valence-electron chi connectivity index (χ0n) is 16.5. The van der Waals surface area contributed by atoms with Gasteiger partial charge >= 0.3 is 0 Å². The smallest absolute Gasteiger partial charge is 0.261 e. The van der Waals surface area contributed by atoms with Gasteiger partial charge in [-0.3, -0.25) is 14.3 Å². The second-order valence-electron chi connectivity index (χ2n) is 7.32. The summed E-state index contributed by atoms with van der Waals surface area (Å²) in [6.45, 7) is 4.25. The molecule has 1 fully saturated rings. The molecule has 2 aromatic carbocycles. The van der Waals surface area contributed by atoms with Crippen molar-refractivity contribution in [1.29, 1.82) is 0 Å². The van der Waals surface area contributed by atoms with Crippen LogP contribution in [0.4, 0.5) is 5.69 Å². The van der Waals surface area contributed by atoms with Crippen molar-refractivity contribution in [3.05, 3.63) is 60.2 Å². The number of nitrogens with zero attached hydrogens (tertiary/aromatic N) is 1. The van der Waals surface area contributed by atoms with Gasteiger partial charge in [0.15, 0.2) is 0 Å². The zero-order chi connectivity index (χ0) is 21.0. The molecule has 0 spiro atoms. The molecule has 0 bridgehead atoms. The van der Waals surface area contributed by atoms with E-state index in [1.54, 1.807) is 41.3 Å². The van der Waals surface area contributed by atoms with E-state index in [-0.39, 0.29) is 22.8 Å². The third-order valence-corrected chi connectivity index (χ3v) is 6.06. The Kier molecular flexibility index (Phi) is 6.22. The van der Waals surface area contributed by atoms with Crippen LogP contribution in [0.3, 0.4) is 0 Å². The summed E-state index contributed by atoms with van der Waals surface area (Å²) in [7, 11) is -3.75. The molecule has 1 heterocycles. The summed E-state index contributed by atoms with van der Waals surface area (Å²) in [6.07, 6.45) is 1.37. The number of hydrogen-bond donors (Lipinski definition) is 2. The van der Waals surface area contributed by atoms with Gasteiger partial charge in [-0.25, -0.2) is 8.42 Å². The largest absolute Gasteiger partial charge is 0.352 e. The topological polar surface area (TPSA) is 95.6 Å². The van der Waals surface area contributed by atoms with Gasteiger partial charge in [-0.05, 0) is 57.0 Å². The van der Waals surface area contributed by atoms with Crippen molar-refractivity contribution in [3.8, 4) is 0 Å². The van der Waals surface area contributed by atoms with Crippen LogP contribution in [0.15, 0.2) is 59.5 Å². The van der Waals surface area contributed by atoms with Crippen LogP contribution in [0.25, 0.3) is 0 Å². The van der Waals surface area contributed by atoms with Gasteiger partial charge in [0.1, 0.15) is 6.04 Å². The Labute approximate surface area is 171 Å². The van der Waals surface area contributed by atoms with E-state index in [9.17, 15) is 18.0 Å². The first-order valence-corrected chi connectivity index (χ1v) is 11.1. The number of amides is 2. The summed E-state index contributed by atoms with van der Waals surface area (Å²) in [5, 5.41) is 2.86. The molecule has 1 atom stereocenters. The molecule has 154 valence electrons. The molecule has 7 nitrogen and oxygen atoms in total. The van der Waals surface area contributed by atoms with Crippen LogP contribution in [0, 0.1) is 0 Å². The van der Waals surface area contributed by atoms with Crippen molar-refractivity contribution in [2.24, 2.45) is 0 Å². The number of rotatable bonds is 6. The number of carbonyl (C=O) groups excluding carboxylic acids is 2. The summed E-state index contributed by atoms with van der Waals surface area (Å²) in [5.74, 6) is -0.445. The van der Waals surface area contributed by atoms with Gasteiger partial charge in [0, 0.05) is 23.8 Å². The minimum atomic E-state index is -3.75. The van der Waals surface area contributed by atoms with Crippen LogP contribution in [0.1, 0.15) is 37.0 Å². The summed E-state index contributed by atoms with van der Waals surface area (Å²) in [5.41, 5.74) is 0.629. The molecule has 3 rings (SSSR count). The van der Waals surface area contributed by atoms with Gasteiger partial charge in [-0.2, -0.15) is 0 Å². The Balaban J connectivity index is 1.78. The van der Waals surface area contributed by atoms with Crippen LogP contribution in [-0.2, 0) is 14.8 Å². The molecular formula is C21H25N3O4S. The SMILES string of the molecule is CC(C)NC(=O)C1CCCN1C(=O)c1cccc(NS(=O)(=O)c2ccccc2)c1. The number of likely N-dealkylation sites (tertiary alicyclic amines) is 1. The van der Waals surface area contributed by atoms with Crippen LogP contribution in [-0.4, -0.2) is 43.8 Å². The lowest BCUT2D eigenvalue weighted by Gasteiger charge is -2.25. The first kappa shape index (κ1) is 20.9. The summed E-state index contributed by atoms with van der Waals surface area (Å²) < 4.78 is 27.5. The minimum absolute atomic E-state index is 0.00391. The van der Waals surface area contributed by atoms with Crippen molar-refractivity contribution in [3.63, 3.8) is 0 Å². The molecule has 1 aliphatic heterocycles. The maximum absolute atomic E-state index is 13.0. The predicted octanol–water partition coefficient (Wildman–Crippen LogP) is 2.62. The monoisotopic (exact) mass is 415 g/mol. The Hall–Kier alpha value is -2.87. The lowest BCUT2D eigenvalue weighted by molar-refractivity contribution is -0.125. The number of sulfonamides is 1. The first-order valence-electron chi connectivity index (χ1n) is 9.57. The summed E-state index contributed by atoms with van der Waals surface area (Å²) in [4.78, 5) is 27.1. The fourth-order valence-electron chi connectivity index (χ4n) is 3.36. The Morgan fingerprint density at radius 1 is 1.07 bits per heavy atom. The molecule has 29 heavy (non-hydrogen) atoms. The van der Waals surface area contributed by atoms with E-state index in [0.717, 1.165) is 6.42 Å². The van der Waals surface area contributed by atoms with E-state index in [1.807, 2.05) is 13.8 Å². The molecule has 1 saturated heterocycles. The maximum atomic E-state index is 13.0. The molecule has 0 saturated carbocycles. The Morgan fingerprint density at radius 2 is 1.79 bits per heavy atom. The molecule has 1 unspecified atom stereocenters. The normalized spacial score (nSPS) is 16.7. The predicted molar refractivity (Wildman–Crippen MR) is 111 cm³/mol. The fraction of sp³-hybridized carbons (Fsp3) is 0.333. The first-order chi connectivity index (χ1) is 13.8. The van der Waals surface area contributed by atoms with Crippen molar-refractivity contribution < 1.29 is 18.0 Å². The fourth-order valence-corrected chi connectivity index (χ4v) is 4.43. The third-order valence-electron chi connectivity index (χ3n) is 4.66. The highest BCUT2D eigenvalue weighted by molar-refractivity contribution is 7.92. The van der Waals surface area contributed by atoms with Gasteiger partial charge in [-0.15, -0.1) is 0 Å². The Morgan fingerprint density at radius 3 is 2.48 bits per heavy atom. The van der Waals surface area contributed by atoms with Gasteiger partial charge in [0.25, 0.3) is 15.9 Å². The van der Waals surface area contributed by atoms with Gasteiger partial charge in [0.2, 0.25) is 5.91 Å². The van der Waals surface area contributed by atoms with Crippen LogP contribution < -0.4 is 10.0 Å². The van der Waals surface area contributed by atoms with E-state index in [2.05, 4.69) is 10.0 Å². The quantitative estimate of drug-likeness (QED) is 0.758. The van der Waals surface area contributed by atoms with E-state index in [4.69, 9.17) is 0 Å². The zero-order valence-corrected chi connectivity index (χ0v) is 17.3. The third kappa shape index (κ3) is 4.95. The molecular weight excluding hydrogens is 390 g/mol. The summed E-state index contributed by atoms with van der Waals surface area (Å²) >= 11 is 0. The minimum Gasteiger partial charge on any atom is -0.352 e. The van der Waals surface area contributed by atoms with Gasteiger partial charge < -0.3 is 10.2 Å². The van der Waals surface area contributed by atoms with E-state index in [1.165, 1.54) is 18.2 Å². The number of nitrogens with one attached hydrogen (secondary N) is 2. The highest BCUT2D eigenvalue weighted by atomic mass is 32.2. The van der Waals surface area contributed by atoms with Crippen molar-refractivity contribution in [2.75, 3.05) is 11.3 Å². The highest BCUT2D eigenvalue weighted by Gasteiger charge is 2.34. The van der Waals surface area contributed by atoms with Gasteiger partial charge in [0.05, 0.1) is 4.90 Å². The Bertz CT molecular complexity index is 990. The van der Waals surface area contributed by atoms with Crippen LogP contribution >= 0.6 is 0 Å². The van der Waals surface area contributed by atoms with E-state index >= 15 is 0 Å².